The van der Waals surface area contributed by atoms with Gasteiger partial charge in [0, 0.05) is 5.69 Å². The summed E-state index contributed by atoms with van der Waals surface area (Å²) in [6.07, 6.45) is 0. The molecule has 1 unspecified atom stereocenters. The smallest absolute Gasteiger partial charge is 0.332 e. The van der Waals surface area contributed by atoms with E-state index in [9.17, 15) is 9.18 Å². The molecule has 0 saturated heterocycles. The Bertz CT molecular complexity index is 638. The maximum Gasteiger partial charge on any atom is 0.332 e. The van der Waals surface area contributed by atoms with Crippen molar-refractivity contribution in [3.05, 3.63) is 65.0 Å². The summed E-state index contributed by atoms with van der Waals surface area (Å²) in [5.74, 6) is -0.736. The molecular formula is C17H18FNO2. The molecule has 1 atom stereocenters. The number of benzene rings is 2. The summed E-state index contributed by atoms with van der Waals surface area (Å²) in [5.41, 5.74) is 3.33. The van der Waals surface area contributed by atoms with Crippen molar-refractivity contribution in [2.24, 2.45) is 0 Å². The highest BCUT2D eigenvalue weighted by molar-refractivity contribution is 5.81. The Hall–Kier alpha value is -2.36. The lowest BCUT2D eigenvalue weighted by Gasteiger charge is -2.20. The zero-order chi connectivity index (χ0) is 15.4. The zero-order valence-corrected chi connectivity index (χ0v) is 12.3. The molecule has 0 radical (unpaired) electrons. The minimum Gasteiger partial charge on any atom is -0.467 e. The van der Waals surface area contributed by atoms with Crippen LogP contribution in [-0.2, 0) is 9.53 Å². The first-order chi connectivity index (χ1) is 10.0. The molecule has 0 spiro atoms. The van der Waals surface area contributed by atoms with Crippen molar-refractivity contribution in [3.63, 3.8) is 0 Å². The first kappa shape index (κ1) is 15.0. The Labute approximate surface area is 123 Å². The van der Waals surface area contributed by atoms with Gasteiger partial charge in [-0.25, -0.2) is 9.18 Å². The Balaban J connectivity index is 2.34. The number of hydrogen-bond donors (Lipinski definition) is 1. The third kappa shape index (κ3) is 3.60. The van der Waals surface area contributed by atoms with Crippen LogP contribution in [0, 0.1) is 19.7 Å². The van der Waals surface area contributed by atoms with Crippen molar-refractivity contribution in [1.82, 2.24) is 0 Å². The number of esters is 1. The SMILES string of the molecule is COC(=O)C(Nc1ccc(C)cc1)c1ccc(F)cc1C. The van der Waals surface area contributed by atoms with Gasteiger partial charge in [-0.1, -0.05) is 23.8 Å². The van der Waals surface area contributed by atoms with Gasteiger partial charge in [0.25, 0.3) is 0 Å². The first-order valence-electron chi connectivity index (χ1n) is 6.68. The van der Waals surface area contributed by atoms with Crippen molar-refractivity contribution in [3.8, 4) is 0 Å². The van der Waals surface area contributed by atoms with E-state index >= 15 is 0 Å². The molecule has 0 aliphatic heterocycles. The van der Waals surface area contributed by atoms with Gasteiger partial charge in [-0.2, -0.15) is 0 Å². The summed E-state index contributed by atoms with van der Waals surface area (Å²) in [4.78, 5) is 12.0. The quantitative estimate of drug-likeness (QED) is 0.870. The summed E-state index contributed by atoms with van der Waals surface area (Å²) in [5, 5.41) is 3.14. The molecule has 4 heteroatoms. The number of carbonyl (C=O) groups excluding carboxylic acids is 1. The van der Waals surface area contributed by atoms with Crippen molar-refractivity contribution in [2.75, 3.05) is 12.4 Å². The van der Waals surface area contributed by atoms with Crippen LogP contribution in [0.4, 0.5) is 10.1 Å². The second-order valence-corrected chi connectivity index (χ2v) is 4.97. The highest BCUT2D eigenvalue weighted by atomic mass is 19.1. The number of hydrogen-bond acceptors (Lipinski definition) is 3. The lowest BCUT2D eigenvalue weighted by atomic mass is 10.0. The van der Waals surface area contributed by atoms with E-state index in [4.69, 9.17) is 4.74 Å². The van der Waals surface area contributed by atoms with Crippen LogP contribution in [-0.4, -0.2) is 13.1 Å². The fourth-order valence-corrected chi connectivity index (χ4v) is 2.16. The van der Waals surface area contributed by atoms with Gasteiger partial charge in [0.05, 0.1) is 7.11 Å². The average Bonchev–Trinajstić information content (AvgIpc) is 2.47. The standard InChI is InChI=1S/C17H18FNO2/c1-11-4-7-14(8-5-11)19-16(17(20)21-3)15-9-6-13(18)10-12(15)2/h4-10,16,19H,1-3H3. The molecule has 0 aliphatic carbocycles. The number of nitrogens with one attached hydrogen (secondary N) is 1. The van der Waals surface area contributed by atoms with E-state index < -0.39 is 12.0 Å². The van der Waals surface area contributed by atoms with Gasteiger partial charge in [0.15, 0.2) is 6.04 Å². The first-order valence-corrected chi connectivity index (χ1v) is 6.68. The molecule has 2 rings (SSSR count). The van der Waals surface area contributed by atoms with E-state index in [-0.39, 0.29) is 5.82 Å². The minimum absolute atomic E-state index is 0.324. The molecule has 0 aliphatic rings. The fourth-order valence-electron chi connectivity index (χ4n) is 2.16. The summed E-state index contributed by atoms with van der Waals surface area (Å²) < 4.78 is 18.1. The minimum atomic E-state index is -0.668. The van der Waals surface area contributed by atoms with Crippen molar-refractivity contribution in [1.29, 1.82) is 0 Å². The van der Waals surface area contributed by atoms with Gasteiger partial charge in [-0.05, 0) is 49.2 Å². The van der Waals surface area contributed by atoms with Gasteiger partial charge < -0.3 is 10.1 Å². The zero-order valence-electron chi connectivity index (χ0n) is 12.3. The lowest BCUT2D eigenvalue weighted by Crippen LogP contribution is -2.23. The van der Waals surface area contributed by atoms with E-state index in [1.54, 1.807) is 13.0 Å². The van der Waals surface area contributed by atoms with E-state index in [1.807, 2.05) is 31.2 Å². The van der Waals surface area contributed by atoms with E-state index in [0.717, 1.165) is 11.3 Å². The van der Waals surface area contributed by atoms with Gasteiger partial charge in [-0.15, -0.1) is 0 Å². The van der Waals surface area contributed by atoms with E-state index in [2.05, 4.69) is 5.32 Å². The number of anilines is 1. The number of rotatable bonds is 4. The number of carbonyl (C=O) groups is 1. The van der Waals surface area contributed by atoms with Crippen LogP contribution in [0.25, 0.3) is 0 Å². The Morgan fingerprint density at radius 3 is 2.38 bits per heavy atom. The number of halogens is 1. The molecule has 2 aromatic rings. The van der Waals surface area contributed by atoms with Crippen LogP contribution in [0.5, 0.6) is 0 Å². The molecule has 110 valence electrons. The molecular weight excluding hydrogens is 269 g/mol. The van der Waals surface area contributed by atoms with E-state index in [1.165, 1.54) is 19.2 Å². The van der Waals surface area contributed by atoms with Crippen LogP contribution in [0.2, 0.25) is 0 Å². The summed E-state index contributed by atoms with van der Waals surface area (Å²) in [6, 6.07) is 11.4. The molecule has 0 saturated carbocycles. The van der Waals surface area contributed by atoms with Crippen molar-refractivity contribution >= 4 is 11.7 Å². The Morgan fingerprint density at radius 2 is 1.81 bits per heavy atom. The van der Waals surface area contributed by atoms with Gasteiger partial charge in [0.1, 0.15) is 5.82 Å². The molecule has 0 bridgehead atoms. The van der Waals surface area contributed by atoms with Gasteiger partial charge in [-0.3, -0.25) is 0 Å². The van der Waals surface area contributed by atoms with Crippen LogP contribution < -0.4 is 5.32 Å². The molecule has 0 fully saturated rings. The van der Waals surface area contributed by atoms with Crippen molar-refractivity contribution < 1.29 is 13.9 Å². The predicted molar refractivity (Wildman–Crippen MR) is 80.7 cm³/mol. The number of methoxy groups -OCH3 is 1. The van der Waals surface area contributed by atoms with Crippen LogP contribution in [0.1, 0.15) is 22.7 Å². The molecule has 0 amide bonds. The fraction of sp³-hybridized carbons (Fsp3) is 0.235. The maximum absolute atomic E-state index is 13.2. The summed E-state index contributed by atoms with van der Waals surface area (Å²) in [6.45, 7) is 3.76. The molecule has 3 nitrogen and oxygen atoms in total. The van der Waals surface area contributed by atoms with Crippen molar-refractivity contribution in [2.45, 2.75) is 19.9 Å². The second kappa shape index (κ2) is 6.39. The van der Waals surface area contributed by atoms with Crippen LogP contribution >= 0.6 is 0 Å². The molecule has 2 aromatic carbocycles. The van der Waals surface area contributed by atoms with Crippen LogP contribution in [0.3, 0.4) is 0 Å². The summed E-state index contributed by atoms with van der Waals surface area (Å²) >= 11 is 0. The topological polar surface area (TPSA) is 38.3 Å². The highest BCUT2D eigenvalue weighted by Crippen LogP contribution is 2.24. The molecule has 21 heavy (non-hydrogen) atoms. The average molecular weight is 287 g/mol. The van der Waals surface area contributed by atoms with Gasteiger partial charge >= 0.3 is 5.97 Å². The molecule has 1 N–H and O–H groups in total. The second-order valence-electron chi connectivity index (χ2n) is 4.97. The predicted octanol–water partition coefficient (Wildman–Crippen LogP) is 3.77. The largest absolute Gasteiger partial charge is 0.467 e. The Morgan fingerprint density at radius 1 is 1.14 bits per heavy atom. The number of ether oxygens (including phenoxy) is 1. The van der Waals surface area contributed by atoms with Crippen LogP contribution in [0.15, 0.2) is 42.5 Å². The monoisotopic (exact) mass is 287 g/mol. The Kier molecular flexibility index (Phi) is 4.58. The third-order valence-electron chi connectivity index (χ3n) is 3.34. The maximum atomic E-state index is 13.2. The molecule has 0 aromatic heterocycles. The highest BCUT2D eigenvalue weighted by Gasteiger charge is 2.23. The third-order valence-corrected chi connectivity index (χ3v) is 3.34. The van der Waals surface area contributed by atoms with E-state index in [0.29, 0.717) is 11.1 Å². The molecule has 0 heterocycles. The lowest BCUT2D eigenvalue weighted by molar-refractivity contribution is -0.141. The normalized spacial score (nSPS) is 11.8. The summed E-state index contributed by atoms with van der Waals surface area (Å²) in [7, 11) is 1.34. The number of aryl methyl sites for hydroxylation is 2. The van der Waals surface area contributed by atoms with Gasteiger partial charge in [0.2, 0.25) is 0 Å².